The summed E-state index contributed by atoms with van der Waals surface area (Å²) in [7, 11) is 0. The van der Waals surface area contributed by atoms with Crippen molar-refractivity contribution in [2.24, 2.45) is 0 Å². The van der Waals surface area contributed by atoms with Crippen molar-refractivity contribution in [1.82, 2.24) is 4.90 Å². The summed E-state index contributed by atoms with van der Waals surface area (Å²) >= 11 is 0. The van der Waals surface area contributed by atoms with Crippen molar-refractivity contribution in [2.45, 2.75) is 12.6 Å². The average Bonchev–Trinajstić information content (AvgIpc) is 2.71. The summed E-state index contributed by atoms with van der Waals surface area (Å²) in [6, 6.07) is 29.2. The summed E-state index contributed by atoms with van der Waals surface area (Å²) in [6.07, 6.45) is 1.84. The van der Waals surface area contributed by atoms with Gasteiger partial charge in [-0.05, 0) is 23.3 Å². The Hall–Kier alpha value is -3.17. The Morgan fingerprint density at radius 2 is 1.44 bits per heavy atom. The lowest BCUT2D eigenvalue weighted by Crippen LogP contribution is -2.37. The number of hydrogen-bond acceptors (Lipinski definition) is 2. The zero-order valence-corrected chi connectivity index (χ0v) is 15.3. The number of hydrogen-bond donors (Lipinski definition) is 1. The smallest absolute Gasteiger partial charge is 0.246 e. The Balaban J connectivity index is 1.91. The molecule has 1 amide bonds. The molecular formula is C24H24N2O. The van der Waals surface area contributed by atoms with Gasteiger partial charge in [0.25, 0.3) is 0 Å². The normalized spacial score (nSPS) is 11.7. The molecule has 1 atom stereocenters. The number of nitrogens with zero attached hydrogens (tertiary/aromatic N) is 1. The number of benzene rings is 3. The van der Waals surface area contributed by atoms with Gasteiger partial charge in [0, 0.05) is 18.8 Å². The van der Waals surface area contributed by atoms with Gasteiger partial charge in [-0.15, -0.1) is 6.58 Å². The van der Waals surface area contributed by atoms with Crippen molar-refractivity contribution < 1.29 is 4.79 Å². The van der Waals surface area contributed by atoms with Crippen molar-refractivity contribution in [3.05, 3.63) is 115 Å². The Kier molecular flexibility index (Phi) is 6.55. The average molecular weight is 356 g/mol. The van der Waals surface area contributed by atoms with Crippen molar-refractivity contribution in [3.63, 3.8) is 0 Å². The second-order valence-electron chi connectivity index (χ2n) is 6.37. The fraction of sp³-hybridized carbons (Fsp3) is 0.125. The molecule has 3 heteroatoms. The maximum absolute atomic E-state index is 13.2. The number of carbonyl (C=O) groups is 1. The standard InChI is InChI=1S/C24H24N2O/c1-2-18-26(19-20-12-6-3-7-13-20)23(21-14-8-4-9-15-21)24(27)25-22-16-10-5-11-17-22/h2-17,23H,1,18-19H2,(H,25,27). The lowest BCUT2D eigenvalue weighted by atomic mass is 10.0. The van der Waals surface area contributed by atoms with E-state index in [1.54, 1.807) is 0 Å². The zero-order valence-electron chi connectivity index (χ0n) is 15.3. The van der Waals surface area contributed by atoms with Crippen LogP contribution in [0, 0.1) is 0 Å². The summed E-state index contributed by atoms with van der Waals surface area (Å²) in [5, 5.41) is 3.05. The molecule has 1 unspecified atom stereocenters. The van der Waals surface area contributed by atoms with Crippen molar-refractivity contribution in [2.75, 3.05) is 11.9 Å². The summed E-state index contributed by atoms with van der Waals surface area (Å²) in [5.41, 5.74) is 2.91. The Morgan fingerprint density at radius 3 is 2.04 bits per heavy atom. The monoisotopic (exact) mass is 356 g/mol. The highest BCUT2D eigenvalue weighted by Gasteiger charge is 2.27. The highest BCUT2D eigenvalue weighted by Crippen LogP contribution is 2.25. The van der Waals surface area contributed by atoms with Gasteiger partial charge in [0.15, 0.2) is 0 Å². The fourth-order valence-electron chi connectivity index (χ4n) is 3.14. The van der Waals surface area contributed by atoms with Crippen LogP contribution in [0.25, 0.3) is 0 Å². The molecule has 0 radical (unpaired) electrons. The summed E-state index contributed by atoms with van der Waals surface area (Å²) in [4.78, 5) is 15.4. The molecule has 0 aliphatic carbocycles. The first-order valence-corrected chi connectivity index (χ1v) is 9.07. The van der Waals surface area contributed by atoms with Crippen LogP contribution in [0.15, 0.2) is 104 Å². The van der Waals surface area contributed by atoms with Crippen LogP contribution >= 0.6 is 0 Å². The number of amides is 1. The van der Waals surface area contributed by atoms with Crippen LogP contribution in [0.3, 0.4) is 0 Å². The van der Waals surface area contributed by atoms with E-state index in [1.807, 2.05) is 84.9 Å². The number of nitrogens with one attached hydrogen (secondary N) is 1. The van der Waals surface area contributed by atoms with Crippen LogP contribution in [0.5, 0.6) is 0 Å². The molecular weight excluding hydrogens is 332 g/mol. The van der Waals surface area contributed by atoms with Gasteiger partial charge < -0.3 is 5.32 Å². The Labute approximate surface area is 161 Å². The first-order chi connectivity index (χ1) is 13.3. The minimum atomic E-state index is -0.412. The molecule has 0 aromatic heterocycles. The first-order valence-electron chi connectivity index (χ1n) is 9.07. The molecule has 0 saturated carbocycles. The molecule has 3 nitrogen and oxygen atoms in total. The van der Waals surface area contributed by atoms with Crippen LogP contribution in [-0.2, 0) is 11.3 Å². The predicted octanol–water partition coefficient (Wildman–Crippen LogP) is 5.05. The predicted molar refractivity (Wildman–Crippen MR) is 111 cm³/mol. The van der Waals surface area contributed by atoms with Gasteiger partial charge in [-0.1, -0.05) is 84.9 Å². The van der Waals surface area contributed by atoms with E-state index < -0.39 is 6.04 Å². The molecule has 3 aromatic carbocycles. The highest BCUT2D eigenvalue weighted by molar-refractivity contribution is 5.95. The minimum absolute atomic E-state index is 0.0508. The summed E-state index contributed by atoms with van der Waals surface area (Å²) < 4.78 is 0. The quantitative estimate of drug-likeness (QED) is 0.573. The molecule has 0 aliphatic rings. The van der Waals surface area contributed by atoms with Gasteiger partial charge in [0.1, 0.15) is 6.04 Å². The van der Waals surface area contributed by atoms with Crippen LogP contribution < -0.4 is 5.32 Å². The van der Waals surface area contributed by atoms with Gasteiger partial charge >= 0.3 is 0 Å². The van der Waals surface area contributed by atoms with E-state index in [9.17, 15) is 4.79 Å². The second kappa shape index (κ2) is 9.51. The van der Waals surface area contributed by atoms with E-state index >= 15 is 0 Å². The van der Waals surface area contributed by atoms with Gasteiger partial charge in [-0.3, -0.25) is 9.69 Å². The third-order valence-electron chi connectivity index (χ3n) is 4.36. The largest absolute Gasteiger partial charge is 0.324 e. The number of carbonyl (C=O) groups excluding carboxylic acids is 1. The SMILES string of the molecule is C=CCN(Cc1ccccc1)C(C(=O)Nc1ccccc1)c1ccccc1. The van der Waals surface area contributed by atoms with Gasteiger partial charge in [0.05, 0.1) is 0 Å². The lowest BCUT2D eigenvalue weighted by Gasteiger charge is -2.30. The molecule has 0 spiro atoms. The van der Waals surface area contributed by atoms with Gasteiger partial charge in [0.2, 0.25) is 5.91 Å². The first kappa shape index (κ1) is 18.6. The van der Waals surface area contributed by atoms with E-state index in [0.29, 0.717) is 13.1 Å². The third kappa shape index (κ3) is 5.16. The van der Waals surface area contributed by atoms with Crippen molar-refractivity contribution >= 4 is 11.6 Å². The van der Waals surface area contributed by atoms with Crippen molar-refractivity contribution in [1.29, 1.82) is 0 Å². The highest BCUT2D eigenvalue weighted by atomic mass is 16.2. The van der Waals surface area contributed by atoms with E-state index in [1.165, 1.54) is 0 Å². The number of rotatable bonds is 8. The molecule has 1 N–H and O–H groups in total. The minimum Gasteiger partial charge on any atom is -0.324 e. The fourth-order valence-corrected chi connectivity index (χ4v) is 3.14. The van der Waals surface area contributed by atoms with Gasteiger partial charge in [-0.25, -0.2) is 0 Å². The topological polar surface area (TPSA) is 32.3 Å². The van der Waals surface area contributed by atoms with Crippen LogP contribution in [0.4, 0.5) is 5.69 Å². The summed E-state index contributed by atoms with van der Waals surface area (Å²) in [6.45, 7) is 5.16. The Morgan fingerprint density at radius 1 is 0.889 bits per heavy atom. The maximum atomic E-state index is 13.2. The molecule has 0 fully saturated rings. The van der Waals surface area contributed by atoms with Crippen LogP contribution in [0.2, 0.25) is 0 Å². The van der Waals surface area contributed by atoms with E-state index in [0.717, 1.165) is 16.8 Å². The summed E-state index contributed by atoms with van der Waals surface area (Å²) in [5.74, 6) is -0.0508. The maximum Gasteiger partial charge on any atom is 0.246 e. The van der Waals surface area contributed by atoms with Crippen LogP contribution in [-0.4, -0.2) is 17.4 Å². The molecule has 27 heavy (non-hydrogen) atoms. The molecule has 0 bridgehead atoms. The molecule has 0 aliphatic heterocycles. The van der Waals surface area contributed by atoms with Gasteiger partial charge in [-0.2, -0.15) is 0 Å². The molecule has 0 saturated heterocycles. The molecule has 0 heterocycles. The number of para-hydroxylation sites is 1. The van der Waals surface area contributed by atoms with E-state index in [-0.39, 0.29) is 5.91 Å². The Bertz CT molecular complexity index is 847. The van der Waals surface area contributed by atoms with E-state index in [2.05, 4.69) is 28.9 Å². The lowest BCUT2D eigenvalue weighted by molar-refractivity contribution is -0.121. The molecule has 3 rings (SSSR count). The van der Waals surface area contributed by atoms with Crippen LogP contribution in [0.1, 0.15) is 17.2 Å². The van der Waals surface area contributed by atoms with Crippen molar-refractivity contribution in [3.8, 4) is 0 Å². The molecule has 3 aromatic rings. The third-order valence-corrected chi connectivity index (χ3v) is 4.36. The van der Waals surface area contributed by atoms with E-state index in [4.69, 9.17) is 0 Å². The second-order valence-corrected chi connectivity index (χ2v) is 6.37. The molecule has 136 valence electrons. The zero-order chi connectivity index (χ0) is 18.9. The number of anilines is 1.